The first kappa shape index (κ1) is 18.3. The zero-order valence-corrected chi connectivity index (χ0v) is 18.0. The molecule has 2 nitrogen and oxygen atoms in total. The average Bonchev–Trinajstić information content (AvgIpc) is 2.88. The van der Waals surface area contributed by atoms with E-state index in [0.717, 1.165) is 0 Å². The Labute approximate surface area is 162 Å². The quantitative estimate of drug-likeness (QED) is 0.577. The van der Waals surface area contributed by atoms with Crippen molar-refractivity contribution in [2.75, 3.05) is 20.7 Å². The molecule has 1 aromatic rings. The fourth-order valence-electron chi connectivity index (χ4n) is 3.62. The second-order valence-electron chi connectivity index (χ2n) is 6.56. The van der Waals surface area contributed by atoms with Gasteiger partial charge in [0, 0.05) is 0 Å². The first-order valence-electron chi connectivity index (χ1n) is 8.80. The molecule has 0 aliphatic heterocycles. The molecule has 130 valence electrons. The van der Waals surface area contributed by atoms with Gasteiger partial charge in [0.05, 0.1) is 0 Å². The summed E-state index contributed by atoms with van der Waals surface area (Å²) in [5.74, 6) is 2.28. The molecular formula is C22H25NOW. The molecule has 0 bridgehead atoms. The van der Waals surface area contributed by atoms with Gasteiger partial charge in [0.2, 0.25) is 0 Å². The van der Waals surface area contributed by atoms with Gasteiger partial charge >= 0.3 is 162 Å². The topological polar surface area (TPSA) is 12.5 Å². The van der Waals surface area contributed by atoms with Gasteiger partial charge < -0.3 is 0 Å². The molecule has 2 atom stereocenters. The molecule has 3 heteroatoms. The Hall–Kier alpha value is -1.50. The molecule has 0 aromatic heterocycles. The SMILES string of the molecule is CCOC1=C([C](=[W])N(C)C)[C@H](c2ccccc2)[C@@H]1C1C=CC=CC=C1. The molecule has 0 unspecified atom stereocenters. The number of hydrogen-bond donors (Lipinski definition) is 0. The molecule has 0 saturated carbocycles. The van der Waals surface area contributed by atoms with E-state index >= 15 is 0 Å². The van der Waals surface area contributed by atoms with Gasteiger partial charge in [0.25, 0.3) is 0 Å². The molecule has 0 N–H and O–H groups in total. The van der Waals surface area contributed by atoms with Gasteiger partial charge in [-0.3, -0.25) is 0 Å². The molecule has 0 amide bonds. The zero-order chi connectivity index (χ0) is 17.8. The van der Waals surface area contributed by atoms with Crippen molar-refractivity contribution in [2.45, 2.75) is 12.8 Å². The normalized spacial score (nSPS) is 22.9. The van der Waals surface area contributed by atoms with Crippen LogP contribution >= 0.6 is 0 Å². The third-order valence-electron chi connectivity index (χ3n) is 4.75. The summed E-state index contributed by atoms with van der Waals surface area (Å²) in [5.41, 5.74) is 2.77. The van der Waals surface area contributed by atoms with Crippen molar-refractivity contribution < 1.29 is 24.1 Å². The third kappa shape index (κ3) is 3.71. The Kier molecular flexibility index (Phi) is 6.04. The first-order chi connectivity index (χ1) is 12.1. The predicted octanol–water partition coefficient (Wildman–Crippen LogP) is 4.23. The first-order valence-corrected chi connectivity index (χ1v) is 10.3. The van der Waals surface area contributed by atoms with E-state index in [2.05, 4.69) is 92.7 Å². The van der Waals surface area contributed by atoms with Crippen LogP contribution in [0.25, 0.3) is 0 Å². The van der Waals surface area contributed by atoms with Crippen molar-refractivity contribution in [2.24, 2.45) is 11.8 Å². The van der Waals surface area contributed by atoms with Crippen molar-refractivity contribution in [1.29, 1.82) is 0 Å². The van der Waals surface area contributed by atoms with E-state index in [4.69, 9.17) is 4.74 Å². The minimum atomic E-state index is 0.357. The molecule has 25 heavy (non-hydrogen) atoms. The summed E-state index contributed by atoms with van der Waals surface area (Å²) in [6.07, 6.45) is 13.1. The van der Waals surface area contributed by atoms with E-state index in [9.17, 15) is 0 Å². The van der Waals surface area contributed by atoms with Crippen LogP contribution in [0, 0.1) is 11.8 Å². The molecule has 0 fully saturated rings. The number of allylic oxidation sites excluding steroid dienone is 7. The van der Waals surface area contributed by atoms with Crippen molar-refractivity contribution in [1.82, 2.24) is 4.90 Å². The maximum absolute atomic E-state index is 6.18. The van der Waals surface area contributed by atoms with Crippen LogP contribution in [0.1, 0.15) is 18.4 Å². The van der Waals surface area contributed by atoms with E-state index in [0.29, 0.717) is 24.4 Å². The van der Waals surface area contributed by atoms with Crippen LogP contribution in [0.5, 0.6) is 0 Å². The van der Waals surface area contributed by atoms with Crippen LogP contribution in [0.4, 0.5) is 0 Å². The van der Waals surface area contributed by atoms with E-state index in [1.54, 1.807) is 0 Å². The fraction of sp³-hybridized carbons (Fsp3) is 0.318. The Morgan fingerprint density at radius 1 is 1.04 bits per heavy atom. The summed E-state index contributed by atoms with van der Waals surface area (Å²) in [6.45, 7) is 2.79. The Balaban J connectivity index is 2.07. The standard InChI is InChI=1S/C22H25NO.W/c1-4-24-22-19(16-23(2)3)20(17-12-10-7-11-13-17)21(22)18-14-8-5-6-9-15-18;/h5-15,18,20-21H,4H2,1-3H3;/t20-,21-;/m0./s1. The summed E-state index contributed by atoms with van der Waals surface area (Å²) in [7, 11) is 4.26. The monoisotopic (exact) mass is 503 g/mol. The summed E-state index contributed by atoms with van der Waals surface area (Å²) in [5, 5.41) is 0. The third-order valence-corrected chi connectivity index (χ3v) is 6.85. The Bertz CT molecular complexity index is 727. The fourth-order valence-corrected chi connectivity index (χ4v) is 4.44. The summed E-state index contributed by atoms with van der Waals surface area (Å²) in [6, 6.07) is 10.9. The van der Waals surface area contributed by atoms with Gasteiger partial charge in [0.1, 0.15) is 0 Å². The molecule has 0 spiro atoms. The average molecular weight is 503 g/mol. The van der Waals surface area contributed by atoms with Gasteiger partial charge in [-0.25, -0.2) is 0 Å². The molecule has 2 aliphatic rings. The van der Waals surface area contributed by atoms with Crippen molar-refractivity contribution >= 4 is 4.02 Å². The van der Waals surface area contributed by atoms with Gasteiger partial charge in [-0.1, -0.05) is 0 Å². The van der Waals surface area contributed by atoms with Crippen LogP contribution in [-0.2, 0) is 24.1 Å². The van der Waals surface area contributed by atoms with Crippen LogP contribution in [0.15, 0.2) is 78.1 Å². The molecule has 0 heterocycles. The molecule has 0 radical (unpaired) electrons. The molecule has 1 aromatic carbocycles. The van der Waals surface area contributed by atoms with E-state index in [1.165, 1.54) is 40.3 Å². The van der Waals surface area contributed by atoms with Crippen LogP contribution in [0.3, 0.4) is 0 Å². The van der Waals surface area contributed by atoms with Gasteiger partial charge in [0.15, 0.2) is 0 Å². The van der Waals surface area contributed by atoms with Crippen molar-refractivity contribution in [3.63, 3.8) is 0 Å². The zero-order valence-electron chi connectivity index (χ0n) is 15.1. The second-order valence-corrected chi connectivity index (χ2v) is 7.95. The number of rotatable bonds is 6. The van der Waals surface area contributed by atoms with E-state index in [-0.39, 0.29) is 0 Å². The maximum atomic E-state index is 6.18. The summed E-state index contributed by atoms with van der Waals surface area (Å²) >= 11 is 1.49. The number of ether oxygens (including phenoxy) is 1. The van der Waals surface area contributed by atoms with Gasteiger partial charge in [-0.15, -0.1) is 0 Å². The predicted molar refractivity (Wildman–Crippen MR) is 101 cm³/mol. The van der Waals surface area contributed by atoms with E-state index < -0.39 is 0 Å². The van der Waals surface area contributed by atoms with Crippen molar-refractivity contribution in [3.8, 4) is 0 Å². The van der Waals surface area contributed by atoms with Crippen LogP contribution < -0.4 is 0 Å². The number of nitrogens with zero attached hydrogens (tertiary/aromatic N) is 1. The second kappa shape index (κ2) is 8.25. The van der Waals surface area contributed by atoms with Crippen LogP contribution in [-0.4, -0.2) is 29.6 Å². The number of likely N-dealkylation sites (N-methyl/N-ethyl adjacent to an activating group) is 1. The molecular weight excluding hydrogens is 478 g/mol. The van der Waals surface area contributed by atoms with Crippen LogP contribution in [0.2, 0.25) is 0 Å². The Morgan fingerprint density at radius 3 is 2.24 bits per heavy atom. The Morgan fingerprint density at radius 2 is 1.68 bits per heavy atom. The molecule has 3 rings (SSSR count). The van der Waals surface area contributed by atoms with Gasteiger partial charge in [-0.2, -0.15) is 0 Å². The van der Waals surface area contributed by atoms with E-state index in [1.807, 2.05) is 0 Å². The van der Waals surface area contributed by atoms with Gasteiger partial charge in [-0.05, 0) is 0 Å². The summed E-state index contributed by atoms with van der Waals surface area (Å²) < 4.78 is 7.55. The number of benzene rings is 1. The molecule has 2 aliphatic carbocycles. The number of hydrogen-bond acceptors (Lipinski definition) is 2. The summed E-state index contributed by atoms with van der Waals surface area (Å²) in [4.78, 5) is 2.23. The minimum absolute atomic E-state index is 0.357. The van der Waals surface area contributed by atoms with Crippen molar-refractivity contribution in [3.05, 3.63) is 83.7 Å². The molecule has 0 saturated heterocycles.